The average Bonchev–Trinajstić information content (AvgIpc) is 2.12. The first-order chi connectivity index (χ1) is 6.06. The third-order valence-electron chi connectivity index (χ3n) is 1.91. The van der Waals surface area contributed by atoms with Crippen LogP contribution < -0.4 is 0 Å². The Balaban J connectivity index is 3.28. The highest BCUT2D eigenvalue weighted by Crippen LogP contribution is 2.22. The third-order valence-corrected chi connectivity index (χ3v) is 2.50. The predicted molar refractivity (Wildman–Crippen MR) is 55.5 cm³/mol. The molecule has 0 aliphatic rings. The van der Waals surface area contributed by atoms with E-state index >= 15 is 0 Å². The summed E-state index contributed by atoms with van der Waals surface area (Å²) in [5.74, 6) is -0.0668. The van der Waals surface area contributed by atoms with Crippen molar-refractivity contribution >= 4 is 17.4 Å². The third kappa shape index (κ3) is 1.99. The van der Waals surface area contributed by atoms with Crippen molar-refractivity contribution in [3.63, 3.8) is 0 Å². The summed E-state index contributed by atoms with van der Waals surface area (Å²) in [6, 6.07) is 3.55. The summed E-state index contributed by atoms with van der Waals surface area (Å²) in [6.45, 7) is 7.20. The molecule has 13 heavy (non-hydrogen) atoms. The summed E-state index contributed by atoms with van der Waals surface area (Å²) >= 11 is 5.96. The molecule has 0 saturated carbocycles. The smallest absolute Gasteiger partial charge is 0.185 e. The van der Waals surface area contributed by atoms with Crippen LogP contribution in [0.25, 0.3) is 0 Å². The summed E-state index contributed by atoms with van der Waals surface area (Å²) < 4.78 is 0. The zero-order chi connectivity index (χ0) is 10.0. The van der Waals surface area contributed by atoms with Crippen molar-refractivity contribution in [1.29, 1.82) is 0 Å². The molecule has 68 valence electrons. The Bertz CT molecular complexity index is 343. The molecule has 0 saturated heterocycles. The highest BCUT2D eigenvalue weighted by Gasteiger charge is 2.06. The van der Waals surface area contributed by atoms with Gasteiger partial charge in [-0.2, -0.15) is 0 Å². The van der Waals surface area contributed by atoms with Crippen LogP contribution in [0.3, 0.4) is 0 Å². The van der Waals surface area contributed by atoms with E-state index in [2.05, 4.69) is 6.58 Å². The van der Waals surface area contributed by atoms with Crippen molar-refractivity contribution in [3.05, 3.63) is 46.5 Å². The molecule has 2 heteroatoms. The first kappa shape index (κ1) is 10.0. The van der Waals surface area contributed by atoms with Gasteiger partial charge in [-0.3, -0.25) is 4.79 Å². The van der Waals surface area contributed by atoms with Gasteiger partial charge in [0.25, 0.3) is 0 Å². The summed E-state index contributed by atoms with van der Waals surface area (Å²) in [6.07, 6.45) is 1.31. The lowest BCUT2D eigenvalue weighted by Gasteiger charge is -2.04. The molecule has 0 radical (unpaired) electrons. The first-order valence-corrected chi connectivity index (χ1v) is 4.37. The Kier molecular flexibility index (Phi) is 2.89. The number of hydrogen-bond donors (Lipinski definition) is 0. The van der Waals surface area contributed by atoms with Gasteiger partial charge >= 0.3 is 0 Å². The maximum Gasteiger partial charge on any atom is 0.185 e. The zero-order valence-electron chi connectivity index (χ0n) is 7.73. The number of rotatable bonds is 2. The second-order valence-electron chi connectivity index (χ2n) is 2.99. The van der Waals surface area contributed by atoms with Crippen molar-refractivity contribution in [2.24, 2.45) is 0 Å². The van der Waals surface area contributed by atoms with Crippen molar-refractivity contribution in [1.82, 2.24) is 0 Å². The second kappa shape index (κ2) is 3.75. The summed E-state index contributed by atoms with van der Waals surface area (Å²) in [5.41, 5.74) is 2.49. The van der Waals surface area contributed by atoms with E-state index in [1.165, 1.54) is 6.08 Å². The van der Waals surface area contributed by atoms with Crippen LogP contribution in [0.15, 0.2) is 24.8 Å². The monoisotopic (exact) mass is 194 g/mol. The number of ketones is 1. The molecule has 0 spiro atoms. The minimum absolute atomic E-state index is 0.0668. The second-order valence-corrected chi connectivity index (χ2v) is 3.37. The van der Waals surface area contributed by atoms with Gasteiger partial charge in [0.1, 0.15) is 0 Å². The van der Waals surface area contributed by atoms with Crippen LogP contribution in [0.4, 0.5) is 0 Å². The van der Waals surface area contributed by atoms with E-state index in [0.717, 1.165) is 16.1 Å². The predicted octanol–water partition coefficient (Wildman–Crippen LogP) is 3.33. The quantitative estimate of drug-likeness (QED) is 0.522. The lowest BCUT2D eigenvalue weighted by Crippen LogP contribution is -1.96. The fraction of sp³-hybridized carbons (Fsp3) is 0.182. The number of allylic oxidation sites excluding steroid dienone is 1. The highest BCUT2D eigenvalue weighted by molar-refractivity contribution is 6.32. The van der Waals surface area contributed by atoms with E-state index in [1.54, 1.807) is 12.1 Å². The van der Waals surface area contributed by atoms with Gasteiger partial charge in [-0.1, -0.05) is 18.2 Å². The van der Waals surface area contributed by atoms with Gasteiger partial charge in [0.2, 0.25) is 0 Å². The molecule has 0 bridgehead atoms. The normalized spacial score (nSPS) is 9.77. The fourth-order valence-corrected chi connectivity index (χ4v) is 1.32. The largest absolute Gasteiger partial charge is 0.289 e. The average molecular weight is 195 g/mol. The molecule has 0 N–H and O–H groups in total. The van der Waals surface area contributed by atoms with Gasteiger partial charge in [-0.15, -0.1) is 0 Å². The van der Waals surface area contributed by atoms with E-state index in [9.17, 15) is 4.79 Å². The maximum atomic E-state index is 11.3. The van der Waals surface area contributed by atoms with Crippen molar-refractivity contribution in [2.45, 2.75) is 13.8 Å². The molecule has 0 atom stereocenters. The Hall–Kier alpha value is -1.08. The molecule has 0 aliphatic heterocycles. The van der Waals surface area contributed by atoms with Crippen LogP contribution in [-0.2, 0) is 0 Å². The highest BCUT2D eigenvalue weighted by atomic mass is 35.5. The summed E-state index contributed by atoms with van der Waals surface area (Å²) in [4.78, 5) is 11.3. The first-order valence-electron chi connectivity index (χ1n) is 3.99. The Morgan fingerprint density at radius 1 is 1.38 bits per heavy atom. The van der Waals surface area contributed by atoms with Crippen LogP contribution in [0.2, 0.25) is 5.02 Å². The molecule has 1 nitrogen and oxygen atoms in total. The van der Waals surface area contributed by atoms with Crippen LogP contribution in [0, 0.1) is 13.8 Å². The minimum Gasteiger partial charge on any atom is -0.289 e. The van der Waals surface area contributed by atoms with Crippen LogP contribution in [0.5, 0.6) is 0 Å². The number of hydrogen-bond acceptors (Lipinski definition) is 1. The van der Waals surface area contributed by atoms with Gasteiger partial charge in [-0.25, -0.2) is 0 Å². The number of carbonyl (C=O) groups is 1. The molecule has 0 aliphatic carbocycles. The van der Waals surface area contributed by atoms with E-state index in [-0.39, 0.29) is 5.78 Å². The van der Waals surface area contributed by atoms with E-state index in [1.807, 2.05) is 13.8 Å². The number of aryl methyl sites for hydroxylation is 2. The van der Waals surface area contributed by atoms with Crippen LogP contribution in [-0.4, -0.2) is 5.78 Å². The van der Waals surface area contributed by atoms with Crippen LogP contribution >= 0.6 is 11.6 Å². The van der Waals surface area contributed by atoms with Crippen molar-refractivity contribution in [2.75, 3.05) is 0 Å². The Morgan fingerprint density at radius 2 is 1.85 bits per heavy atom. The summed E-state index contributed by atoms with van der Waals surface area (Å²) in [7, 11) is 0. The lowest BCUT2D eigenvalue weighted by atomic mass is 10.0. The van der Waals surface area contributed by atoms with Gasteiger partial charge in [0.05, 0.1) is 0 Å². The number of carbonyl (C=O) groups excluding carboxylic acids is 1. The Morgan fingerprint density at radius 3 is 2.23 bits per heavy atom. The van der Waals surface area contributed by atoms with E-state index in [4.69, 9.17) is 11.6 Å². The van der Waals surface area contributed by atoms with Gasteiger partial charge in [0, 0.05) is 10.6 Å². The van der Waals surface area contributed by atoms with E-state index < -0.39 is 0 Å². The van der Waals surface area contributed by atoms with Gasteiger partial charge in [0.15, 0.2) is 5.78 Å². The maximum absolute atomic E-state index is 11.3. The molecule has 0 unspecified atom stereocenters. The van der Waals surface area contributed by atoms with Gasteiger partial charge in [-0.05, 0) is 43.2 Å². The Labute approximate surface area is 83.0 Å². The van der Waals surface area contributed by atoms with Crippen molar-refractivity contribution in [3.8, 4) is 0 Å². The SMILES string of the molecule is C=CC(=O)c1cc(C)c(Cl)c(C)c1. The molecular formula is C11H11ClO. The standard InChI is InChI=1S/C11H11ClO/c1-4-10(13)9-5-7(2)11(12)8(3)6-9/h4-6H,1H2,2-3H3. The number of halogens is 1. The van der Waals surface area contributed by atoms with Gasteiger partial charge < -0.3 is 0 Å². The lowest BCUT2D eigenvalue weighted by molar-refractivity contribution is 0.104. The molecule has 0 heterocycles. The van der Waals surface area contributed by atoms with Crippen molar-refractivity contribution < 1.29 is 4.79 Å². The van der Waals surface area contributed by atoms with Crippen LogP contribution in [0.1, 0.15) is 21.5 Å². The number of benzene rings is 1. The topological polar surface area (TPSA) is 17.1 Å². The molecule has 0 amide bonds. The molecule has 1 aromatic carbocycles. The minimum atomic E-state index is -0.0668. The summed E-state index contributed by atoms with van der Waals surface area (Å²) in [5, 5.41) is 0.723. The molecule has 1 rings (SSSR count). The molecule has 0 aromatic heterocycles. The van der Waals surface area contributed by atoms with E-state index in [0.29, 0.717) is 5.56 Å². The fourth-order valence-electron chi connectivity index (χ4n) is 1.21. The molecule has 0 fully saturated rings. The molecule has 1 aromatic rings. The molecular weight excluding hydrogens is 184 g/mol. The zero-order valence-corrected chi connectivity index (χ0v) is 8.48.